The number of rotatable bonds is 2. The molecule has 1 aliphatic heterocycles. The number of carboxylic acids is 1. The van der Waals surface area contributed by atoms with Crippen LogP contribution >= 0.6 is 0 Å². The summed E-state index contributed by atoms with van der Waals surface area (Å²) in [5.41, 5.74) is 2.68. The van der Waals surface area contributed by atoms with Crippen LogP contribution in [0.1, 0.15) is 57.8 Å². The van der Waals surface area contributed by atoms with E-state index in [1.807, 2.05) is 0 Å². The lowest BCUT2D eigenvalue weighted by atomic mass is 9.93. The Morgan fingerprint density at radius 2 is 2.05 bits per heavy atom. The normalized spacial score (nSPS) is 21.6. The van der Waals surface area contributed by atoms with Crippen LogP contribution in [0.4, 0.5) is 0 Å². The fourth-order valence-corrected chi connectivity index (χ4v) is 3.51. The summed E-state index contributed by atoms with van der Waals surface area (Å²) in [6, 6.07) is 0. The number of Topliss-reactive ketones (excluding diaryl/α,β-unsaturated/α-hetero) is 1. The molecule has 1 aromatic rings. The topological polar surface area (TPSA) is 90.5 Å². The maximum atomic E-state index is 12.7. The highest BCUT2D eigenvalue weighted by Gasteiger charge is 2.32. The molecule has 6 nitrogen and oxygen atoms in total. The van der Waals surface area contributed by atoms with Crippen molar-refractivity contribution in [2.24, 2.45) is 5.92 Å². The number of piperidine rings is 1. The fraction of sp³-hybridized carbons (Fsp3) is 0.562. The van der Waals surface area contributed by atoms with Crippen LogP contribution < -0.4 is 0 Å². The third-order valence-corrected chi connectivity index (χ3v) is 4.71. The zero-order valence-electron chi connectivity index (χ0n) is 12.6. The van der Waals surface area contributed by atoms with Gasteiger partial charge < -0.3 is 15.0 Å². The monoisotopic (exact) mass is 304 g/mol. The molecule has 1 atom stereocenters. The van der Waals surface area contributed by atoms with Gasteiger partial charge in [0.1, 0.15) is 5.69 Å². The van der Waals surface area contributed by atoms with Crippen LogP contribution in [0, 0.1) is 12.8 Å². The summed E-state index contributed by atoms with van der Waals surface area (Å²) < 4.78 is 0. The number of carbonyl (C=O) groups is 3. The highest BCUT2D eigenvalue weighted by atomic mass is 16.4. The van der Waals surface area contributed by atoms with E-state index in [1.54, 1.807) is 11.8 Å². The first-order chi connectivity index (χ1) is 10.5. The summed E-state index contributed by atoms with van der Waals surface area (Å²) in [4.78, 5) is 40.6. The summed E-state index contributed by atoms with van der Waals surface area (Å²) in [6.45, 7) is 2.61. The number of aromatic nitrogens is 1. The van der Waals surface area contributed by atoms with Crippen LogP contribution in [-0.4, -0.2) is 45.7 Å². The molecule has 3 rings (SSSR count). The van der Waals surface area contributed by atoms with E-state index in [1.165, 1.54) is 0 Å². The third-order valence-electron chi connectivity index (χ3n) is 4.71. The first kappa shape index (κ1) is 14.8. The second kappa shape index (κ2) is 5.59. The van der Waals surface area contributed by atoms with Gasteiger partial charge in [-0.2, -0.15) is 0 Å². The Bertz CT molecular complexity index is 647. The Kier molecular flexibility index (Phi) is 3.76. The molecule has 1 aliphatic carbocycles. The van der Waals surface area contributed by atoms with Gasteiger partial charge >= 0.3 is 5.97 Å². The molecule has 1 aromatic heterocycles. The molecule has 118 valence electrons. The molecule has 1 amide bonds. The minimum Gasteiger partial charge on any atom is -0.481 e. The lowest BCUT2D eigenvalue weighted by molar-refractivity contribution is -0.143. The summed E-state index contributed by atoms with van der Waals surface area (Å²) >= 11 is 0. The molecule has 2 N–H and O–H groups in total. The van der Waals surface area contributed by atoms with Gasteiger partial charge in [0, 0.05) is 30.8 Å². The number of aryl methyl sites for hydroxylation is 1. The lowest BCUT2D eigenvalue weighted by Crippen LogP contribution is -2.42. The van der Waals surface area contributed by atoms with Crippen molar-refractivity contribution < 1.29 is 19.5 Å². The van der Waals surface area contributed by atoms with Gasteiger partial charge in [-0.3, -0.25) is 14.4 Å². The molecule has 6 heteroatoms. The third kappa shape index (κ3) is 2.42. The molecule has 2 aliphatic rings. The second-order valence-electron chi connectivity index (χ2n) is 6.18. The van der Waals surface area contributed by atoms with Crippen LogP contribution in [0.2, 0.25) is 0 Å². The van der Waals surface area contributed by atoms with Gasteiger partial charge in [0.25, 0.3) is 5.91 Å². The molecular weight excluding hydrogens is 284 g/mol. The lowest BCUT2D eigenvalue weighted by Gasteiger charge is -2.30. The van der Waals surface area contributed by atoms with E-state index in [0.29, 0.717) is 42.6 Å². The number of amides is 1. The number of ketones is 1. The average Bonchev–Trinajstić information content (AvgIpc) is 2.85. The molecule has 0 bridgehead atoms. The van der Waals surface area contributed by atoms with E-state index in [2.05, 4.69) is 4.98 Å². The van der Waals surface area contributed by atoms with Crippen molar-refractivity contribution >= 4 is 17.7 Å². The molecule has 2 heterocycles. The number of carbonyl (C=O) groups excluding carboxylic acids is 2. The summed E-state index contributed by atoms with van der Waals surface area (Å²) in [7, 11) is 0. The van der Waals surface area contributed by atoms with Crippen molar-refractivity contribution in [3.8, 4) is 0 Å². The van der Waals surface area contributed by atoms with Crippen molar-refractivity contribution in [3.05, 3.63) is 22.5 Å². The number of aliphatic carboxylic acids is 1. The minimum atomic E-state index is -0.852. The summed E-state index contributed by atoms with van der Waals surface area (Å²) in [5.74, 6) is -1.44. The van der Waals surface area contributed by atoms with Crippen molar-refractivity contribution in [3.63, 3.8) is 0 Å². The summed E-state index contributed by atoms with van der Waals surface area (Å²) in [6.07, 6.45) is 3.43. The number of likely N-dealkylation sites (tertiary alicyclic amines) is 1. The van der Waals surface area contributed by atoms with Gasteiger partial charge in [-0.25, -0.2) is 0 Å². The maximum Gasteiger partial charge on any atom is 0.308 e. The SMILES string of the molecule is Cc1c(C(=O)N2CCCC(C(=O)O)C2)[nH]c2c1C(=O)CCC2. The van der Waals surface area contributed by atoms with Crippen molar-refractivity contribution in [1.29, 1.82) is 0 Å². The maximum absolute atomic E-state index is 12.7. The van der Waals surface area contributed by atoms with Gasteiger partial charge in [0.15, 0.2) is 5.78 Å². The Morgan fingerprint density at radius 1 is 1.27 bits per heavy atom. The van der Waals surface area contributed by atoms with Crippen LogP contribution in [0.25, 0.3) is 0 Å². The predicted molar refractivity (Wildman–Crippen MR) is 79.1 cm³/mol. The van der Waals surface area contributed by atoms with E-state index < -0.39 is 11.9 Å². The molecule has 0 aromatic carbocycles. The number of aromatic amines is 1. The van der Waals surface area contributed by atoms with E-state index in [0.717, 1.165) is 18.5 Å². The van der Waals surface area contributed by atoms with Gasteiger partial charge in [0.05, 0.1) is 5.92 Å². The van der Waals surface area contributed by atoms with Crippen molar-refractivity contribution in [2.45, 2.75) is 39.0 Å². The first-order valence-corrected chi connectivity index (χ1v) is 7.75. The van der Waals surface area contributed by atoms with E-state index in [9.17, 15) is 14.4 Å². The van der Waals surface area contributed by atoms with Crippen LogP contribution in [0.3, 0.4) is 0 Å². The van der Waals surface area contributed by atoms with Gasteiger partial charge in [0.2, 0.25) is 0 Å². The van der Waals surface area contributed by atoms with Gasteiger partial charge in [-0.1, -0.05) is 0 Å². The number of nitrogens with zero attached hydrogens (tertiary/aromatic N) is 1. The van der Waals surface area contributed by atoms with Crippen LogP contribution in [0.15, 0.2) is 0 Å². The molecule has 0 spiro atoms. The minimum absolute atomic E-state index is 0.0936. The van der Waals surface area contributed by atoms with Gasteiger partial charge in [-0.15, -0.1) is 0 Å². The fourth-order valence-electron chi connectivity index (χ4n) is 3.51. The standard InChI is InChI=1S/C16H20N2O4/c1-9-13-11(5-2-6-12(13)19)17-14(9)15(20)18-7-3-4-10(8-18)16(21)22/h10,17H,2-8H2,1H3,(H,21,22). The Hall–Kier alpha value is -2.11. The molecule has 0 saturated carbocycles. The number of carboxylic acid groups (broad SMARTS) is 1. The largest absolute Gasteiger partial charge is 0.481 e. The number of nitrogens with one attached hydrogen (secondary N) is 1. The van der Waals surface area contributed by atoms with Gasteiger partial charge in [-0.05, 0) is 38.2 Å². The zero-order chi connectivity index (χ0) is 15.9. The molecule has 0 radical (unpaired) electrons. The second-order valence-corrected chi connectivity index (χ2v) is 6.18. The number of hydrogen-bond acceptors (Lipinski definition) is 3. The van der Waals surface area contributed by atoms with Crippen molar-refractivity contribution in [1.82, 2.24) is 9.88 Å². The van der Waals surface area contributed by atoms with E-state index in [4.69, 9.17) is 5.11 Å². The van der Waals surface area contributed by atoms with E-state index in [-0.39, 0.29) is 18.2 Å². The Balaban J connectivity index is 1.86. The number of hydrogen-bond donors (Lipinski definition) is 2. The number of fused-ring (bicyclic) bond motifs is 1. The first-order valence-electron chi connectivity index (χ1n) is 7.75. The van der Waals surface area contributed by atoms with Crippen molar-refractivity contribution in [2.75, 3.05) is 13.1 Å². The predicted octanol–water partition coefficient (Wildman–Crippen LogP) is 1.78. The van der Waals surface area contributed by atoms with Crippen LogP contribution in [-0.2, 0) is 11.2 Å². The Morgan fingerprint density at radius 3 is 2.73 bits per heavy atom. The van der Waals surface area contributed by atoms with Crippen LogP contribution in [0.5, 0.6) is 0 Å². The molecular formula is C16H20N2O4. The quantitative estimate of drug-likeness (QED) is 0.871. The Labute approximate surface area is 128 Å². The zero-order valence-corrected chi connectivity index (χ0v) is 12.6. The molecule has 1 saturated heterocycles. The highest BCUT2D eigenvalue weighted by molar-refractivity contribution is 6.04. The highest BCUT2D eigenvalue weighted by Crippen LogP contribution is 2.28. The van der Waals surface area contributed by atoms with E-state index >= 15 is 0 Å². The molecule has 22 heavy (non-hydrogen) atoms. The molecule has 1 unspecified atom stereocenters. The smallest absolute Gasteiger partial charge is 0.308 e. The molecule has 1 fully saturated rings. The summed E-state index contributed by atoms with van der Waals surface area (Å²) in [5, 5.41) is 9.14. The average molecular weight is 304 g/mol. The number of H-pyrrole nitrogens is 1.